The highest BCUT2D eigenvalue weighted by Gasteiger charge is 2.12. The topological polar surface area (TPSA) is 58.2 Å². The molecule has 1 N–H and O–H groups in total. The monoisotopic (exact) mass is 295 g/mol. The summed E-state index contributed by atoms with van der Waals surface area (Å²) in [6, 6.07) is 13.3. The van der Waals surface area contributed by atoms with Gasteiger partial charge in [-0.3, -0.25) is 4.79 Å². The van der Waals surface area contributed by atoms with Crippen LogP contribution in [-0.4, -0.2) is 30.0 Å². The summed E-state index contributed by atoms with van der Waals surface area (Å²) in [5.74, 6) is 0.818. The van der Waals surface area contributed by atoms with Crippen LogP contribution in [0.3, 0.4) is 0 Å². The van der Waals surface area contributed by atoms with Gasteiger partial charge in [-0.05, 0) is 35.9 Å². The average Bonchev–Trinajstić information content (AvgIpc) is 3.02. The van der Waals surface area contributed by atoms with E-state index >= 15 is 0 Å². The number of H-pyrrole nitrogens is 1. The third-order valence-electron chi connectivity index (χ3n) is 3.68. The molecule has 0 atom stereocenters. The number of methoxy groups -OCH3 is 1. The van der Waals surface area contributed by atoms with E-state index < -0.39 is 0 Å². The van der Waals surface area contributed by atoms with Gasteiger partial charge in [0.2, 0.25) is 5.91 Å². The number of ether oxygens (including phenoxy) is 1. The van der Waals surface area contributed by atoms with Crippen LogP contribution in [0.4, 0.5) is 5.69 Å². The van der Waals surface area contributed by atoms with Crippen molar-refractivity contribution < 1.29 is 9.53 Å². The van der Waals surface area contributed by atoms with Crippen molar-refractivity contribution in [3.8, 4) is 5.75 Å². The summed E-state index contributed by atoms with van der Waals surface area (Å²) in [6.45, 7) is 0. The van der Waals surface area contributed by atoms with Crippen LogP contribution in [0.5, 0.6) is 5.75 Å². The van der Waals surface area contributed by atoms with Crippen molar-refractivity contribution in [3.63, 3.8) is 0 Å². The maximum absolute atomic E-state index is 12.4. The molecule has 5 nitrogen and oxygen atoms in total. The maximum Gasteiger partial charge on any atom is 0.231 e. The van der Waals surface area contributed by atoms with Crippen LogP contribution in [0.15, 0.2) is 48.8 Å². The lowest BCUT2D eigenvalue weighted by molar-refractivity contribution is -0.117. The molecule has 0 aliphatic heterocycles. The van der Waals surface area contributed by atoms with Crippen molar-refractivity contribution in [2.75, 3.05) is 19.1 Å². The van der Waals surface area contributed by atoms with Crippen LogP contribution >= 0.6 is 0 Å². The van der Waals surface area contributed by atoms with E-state index in [1.54, 1.807) is 25.4 Å². The van der Waals surface area contributed by atoms with E-state index in [2.05, 4.69) is 9.97 Å². The molecule has 5 heteroatoms. The average molecular weight is 295 g/mol. The fourth-order valence-corrected chi connectivity index (χ4v) is 2.31. The highest BCUT2D eigenvalue weighted by atomic mass is 16.5. The normalized spacial score (nSPS) is 10.6. The lowest BCUT2D eigenvalue weighted by atomic mass is 10.1. The molecule has 0 aliphatic carbocycles. The quantitative estimate of drug-likeness (QED) is 0.805. The molecule has 0 bridgehead atoms. The first-order chi connectivity index (χ1) is 10.7. The number of carbonyl (C=O) groups is 1. The van der Waals surface area contributed by atoms with Crippen LogP contribution in [0.25, 0.3) is 11.0 Å². The number of hydrogen-bond donors (Lipinski definition) is 1. The number of nitrogens with one attached hydrogen (secondary N) is 1. The van der Waals surface area contributed by atoms with Gasteiger partial charge in [-0.25, -0.2) is 4.98 Å². The fourth-order valence-electron chi connectivity index (χ4n) is 2.31. The van der Waals surface area contributed by atoms with Gasteiger partial charge in [-0.1, -0.05) is 12.1 Å². The maximum atomic E-state index is 12.4. The predicted molar refractivity (Wildman–Crippen MR) is 86.2 cm³/mol. The third-order valence-corrected chi connectivity index (χ3v) is 3.68. The van der Waals surface area contributed by atoms with Gasteiger partial charge in [0.15, 0.2) is 0 Å². The second kappa shape index (κ2) is 5.89. The molecule has 0 saturated carbocycles. The summed E-state index contributed by atoms with van der Waals surface area (Å²) >= 11 is 0. The highest BCUT2D eigenvalue weighted by Crippen LogP contribution is 2.20. The van der Waals surface area contributed by atoms with Gasteiger partial charge >= 0.3 is 0 Å². The Bertz CT molecular complexity index is 793. The number of rotatable bonds is 4. The molecule has 0 spiro atoms. The lowest BCUT2D eigenvalue weighted by Gasteiger charge is -2.17. The summed E-state index contributed by atoms with van der Waals surface area (Å²) in [7, 11) is 3.41. The standard InChI is InChI=1S/C17H17N3O2/c1-20(13-5-8-15-16(10-13)19-11-18-15)17(21)9-12-3-6-14(22-2)7-4-12/h3-8,10-11H,9H2,1-2H3,(H,18,19). The molecule has 0 fully saturated rings. The number of nitrogens with zero attached hydrogens (tertiary/aromatic N) is 2. The Morgan fingerprint density at radius 2 is 2.00 bits per heavy atom. The largest absolute Gasteiger partial charge is 0.497 e. The number of aromatic amines is 1. The van der Waals surface area contributed by atoms with Gasteiger partial charge in [0.25, 0.3) is 0 Å². The SMILES string of the molecule is COc1ccc(CC(=O)N(C)c2ccc3nc[nH]c3c2)cc1. The second-order valence-corrected chi connectivity index (χ2v) is 5.08. The highest BCUT2D eigenvalue weighted by molar-refractivity contribution is 5.96. The number of hydrogen-bond acceptors (Lipinski definition) is 3. The van der Waals surface area contributed by atoms with Crippen LogP contribution in [0, 0.1) is 0 Å². The van der Waals surface area contributed by atoms with Crippen LogP contribution in [-0.2, 0) is 11.2 Å². The van der Waals surface area contributed by atoms with Gasteiger partial charge < -0.3 is 14.6 Å². The Morgan fingerprint density at radius 3 is 2.73 bits per heavy atom. The van der Waals surface area contributed by atoms with Gasteiger partial charge in [0, 0.05) is 12.7 Å². The van der Waals surface area contributed by atoms with E-state index in [0.717, 1.165) is 28.0 Å². The number of benzene rings is 2. The van der Waals surface area contributed by atoms with Gasteiger partial charge in [-0.2, -0.15) is 0 Å². The van der Waals surface area contributed by atoms with E-state index in [-0.39, 0.29) is 5.91 Å². The minimum Gasteiger partial charge on any atom is -0.497 e. The molecule has 112 valence electrons. The molecule has 0 radical (unpaired) electrons. The lowest BCUT2D eigenvalue weighted by Crippen LogP contribution is -2.27. The zero-order valence-corrected chi connectivity index (χ0v) is 12.5. The van der Waals surface area contributed by atoms with Crippen molar-refractivity contribution in [2.45, 2.75) is 6.42 Å². The van der Waals surface area contributed by atoms with E-state index in [4.69, 9.17) is 4.74 Å². The van der Waals surface area contributed by atoms with Crippen molar-refractivity contribution >= 4 is 22.6 Å². The first kappa shape index (κ1) is 14.1. The number of imidazole rings is 1. The molecule has 0 saturated heterocycles. The molecule has 1 heterocycles. The van der Waals surface area contributed by atoms with E-state index in [1.807, 2.05) is 42.5 Å². The second-order valence-electron chi connectivity index (χ2n) is 5.08. The summed E-state index contributed by atoms with van der Waals surface area (Å²) < 4.78 is 5.12. The number of likely N-dealkylation sites (N-methyl/N-ethyl adjacent to an activating group) is 1. The van der Waals surface area contributed by atoms with E-state index in [0.29, 0.717) is 6.42 Å². The van der Waals surface area contributed by atoms with Crippen LogP contribution in [0.2, 0.25) is 0 Å². The Kier molecular flexibility index (Phi) is 3.78. The first-order valence-corrected chi connectivity index (χ1v) is 7.00. The number of carbonyl (C=O) groups excluding carboxylic acids is 1. The van der Waals surface area contributed by atoms with E-state index in [9.17, 15) is 4.79 Å². The Labute approximate surface area is 128 Å². The van der Waals surface area contributed by atoms with Gasteiger partial charge in [0.1, 0.15) is 5.75 Å². The molecular weight excluding hydrogens is 278 g/mol. The number of fused-ring (bicyclic) bond motifs is 1. The number of amides is 1. The molecule has 3 rings (SSSR count). The predicted octanol–water partition coefficient (Wildman–Crippen LogP) is 2.78. The zero-order valence-electron chi connectivity index (χ0n) is 12.5. The molecule has 0 aliphatic rings. The minimum atomic E-state index is 0.0315. The van der Waals surface area contributed by atoms with Crippen molar-refractivity contribution in [1.82, 2.24) is 9.97 Å². The van der Waals surface area contributed by atoms with Crippen LogP contribution < -0.4 is 9.64 Å². The van der Waals surface area contributed by atoms with Crippen molar-refractivity contribution in [1.29, 1.82) is 0 Å². The number of anilines is 1. The molecule has 0 unspecified atom stereocenters. The van der Waals surface area contributed by atoms with Crippen molar-refractivity contribution in [2.24, 2.45) is 0 Å². The summed E-state index contributed by atoms with van der Waals surface area (Å²) in [6.07, 6.45) is 2.00. The first-order valence-electron chi connectivity index (χ1n) is 7.00. The summed E-state index contributed by atoms with van der Waals surface area (Å²) in [4.78, 5) is 21.3. The molecule has 1 amide bonds. The minimum absolute atomic E-state index is 0.0315. The molecule has 1 aromatic heterocycles. The van der Waals surface area contributed by atoms with E-state index in [1.165, 1.54) is 0 Å². The number of aromatic nitrogens is 2. The fraction of sp³-hybridized carbons (Fsp3) is 0.176. The summed E-state index contributed by atoms with van der Waals surface area (Å²) in [5.41, 5.74) is 3.61. The van der Waals surface area contributed by atoms with Gasteiger partial charge in [0.05, 0.1) is 30.9 Å². The molecular formula is C17H17N3O2. The van der Waals surface area contributed by atoms with Gasteiger partial charge in [-0.15, -0.1) is 0 Å². The smallest absolute Gasteiger partial charge is 0.231 e. The van der Waals surface area contributed by atoms with Crippen LogP contribution in [0.1, 0.15) is 5.56 Å². The molecule has 2 aromatic carbocycles. The molecule has 3 aromatic rings. The Hall–Kier alpha value is -2.82. The zero-order chi connectivity index (χ0) is 15.5. The summed E-state index contributed by atoms with van der Waals surface area (Å²) in [5, 5.41) is 0. The Morgan fingerprint density at radius 1 is 1.23 bits per heavy atom. The third kappa shape index (κ3) is 2.79. The van der Waals surface area contributed by atoms with Crippen molar-refractivity contribution in [3.05, 3.63) is 54.4 Å². The molecule has 22 heavy (non-hydrogen) atoms. The Balaban J connectivity index is 1.75.